The number of hydrogen-bond donors (Lipinski definition) is 2. The average molecular weight is 225 g/mol. The van der Waals surface area contributed by atoms with Crippen LogP contribution in [0.5, 0.6) is 5.75 Å². The van der Waals surface area contributed by atoms with Gasteiger partial charge in [0, 0.05) is 6.04 Å². The van der Waals surface area contributed by atoms with Crippen molar-refractivity contribution in [1.29, 1.82) is 0 Å². The number of hydrogen-bond acceptors (Lipinski definition) is 4. The Labute approximate surface area is 96.0 Å². The first-order valence-corrected chi connectivity index (χ1v) is 5.33. The van der Waals surface area contributed by atoms with Gasteiger partial charge in [-0.05, 0) is 24.1 Å². The number of ether oxygens (including phenoxy) is 2. The highest BCUT2D eigenvalue weighted by molar-refractivity contribution is 5.27. The van der Waals surface area contributed by atoms with E-state index in [1.165, 1.54) is 0 Å². The Bertz CT molecular complexity index is 287. The fourth-order valence-electron chi connectivity index (χ4n) is 1.42. The average Bonchev–Trinajstić information content (AvgIpc) is 2.30. The lowest BCUT2D eigenvalue weighted by Gasteiger charge is -2.12. The third-order valence-corrected chi connectivity index (χ3v) is 2.22. The van der Waals surface area contributed by atoms with E-state index in [4.69, 9.17) is 20.3 Å². The normalized spacial score (nSPS) is 12.4. The molecule has 0 aliphatic heterocycles. The molecule has 0 aliphatic rings. The van der Waals surface area contributed by atoms with E-state index in [1.54, 1.807) is 7.11 Å². The van der Waals surface area contributed by atoms with Crippen molar-refractivity contribution in [2.24, 2.45) is 5.73 Å². The van der Waals surface area contributed by atoms with Crippen molar-refractivity contribution in [3.63, 3.8) is 0 Å². The maximum Gasteiger partial charge on any atom is 0.118 e. The van der Waals surface area contributed by atoms with E-state index in [0.29, 0.717) is 13.2 Å². The molecule has 0 heterocycles. The molecule has 90 valence electrons. The van der Waals surface area contributed by atoms with Gasteiger partial charge >= 0.3 is 0 Å². The van der Waals surface area contributed by atoms with Crippen molar-refractivity contribution in [2.75, 3.05) is 26.9 Å². The van der Waals surface area contributed by atoms with Gasteiger partial charge in [-0.15, -0.1) is 0 Å². The Morgan fingerprint density at radius 1 is 1.31 bits per heavy atom. The van der Waals surface area contributed by atoms with Crippen LogP contribution in [0.3, 0.4) is 0 Å². The standard InChI is InChI=1S/C12H19NO3/c1-15-12-4-2-10(3-5-12)8-11(13)9-16-7-6-14/h2-5,11,14H,6-9,13H2,1H3/t11-/m0/s1. The third kappa shape index (κ3) is 4.61. The summed E-state index contributed by atoms with van der Waals surface area (Å²) in [5.41, 5.74) is 7.03. The lowest BCUT2D eigenvalue weighted by Crippen LogP contribution is -2.29. The maximum absolute atomic E-state index is 8.55. The van der Waals surface area contributed by atoms with Gasteiger partial charge in [0.2, 0.25) is 0 Å². The summed E-state index contributed by atoms with van der Waals surface area (Å²) >= 11 is 0. The second kappa shape index (κ2) is 7.22. The highest BCUT2D eigenvalue weighted by Crippen LogP contribution is 2.12. The second-order valence-corrected chi connectivity index (χ2v) is 3.61. The molecule has 1 rings (SSSR count). The van der Waals surface area contributed by atoms with Crippen LogP contribution in [-0.4, -0.2) is 38.1 Å². The zero-order valence-electron chi connectivity index (χ0n) is 9.56. The Balaban J connectivity index is 2.34. The van der Waals surface area contributed by atoms with Crippen LogP contribution in [0.4, 0.5) is 0 Å². The second-order valence-electron chi connectivity index (χ2n) is 3.61. The largest absolute Gasteiger partial charge is 0.497 e. The summed E-state index contributed by atoms with van der Waals surface area (Å²) in [6.07, 6.45) is 0.759. The minimum absolute atomic E-state index is 0.0370. The smallest absolute Gasteiger partial charge is 0.118 e. The van der Waals surface area contributed by atoms with Crippen LogP contribution in [0.1, 0.15) is 5.56 Å². The molecule has 0 fully saturated rings. The van der Waals surface area contributed by atoms with E-state index >= 15 is 0 Å². The van der Waals surface area contributed by atoms with Crippen molar-refractivity contribution in [3.05, 3.63) is 29.8 Å². The van der Waals surface area contributed by atoms with Gasteiger partial charge in [-0.1, -0.05) is 12.1 Å². The summed E-state index contributed by atoms with van der Waals surface area (Å²) in [4.78, 5) is 0. The highest BCUT2D eigenvalue weighted by Gasteiger charge is 2.04. The molecule has 1 aromatic rings. The molecular weight excluding hydrogens is 206 g/mol. The number of aliphatic hydroxyl groups excluding tert-OH is 1. The van der Waals surface area contributed by atoms with Crippen LogP contribution in [0.25, 0.3) is 0 Å². The zero-order chi connectivity index (χ0) is 11.8. The van der Waals surface area contributed by atoms with E-state index in [2.05, 4.69) is 0 Å². The third-order valence-electron chi connectivity index (χ3n) is 2.22. The molecule has 4 heteroatoms. The van der Waals surface area contributed by atoms with Crippen molar-refractivity contribution < 1.29 is 14.6 Å². The molecule has 0 spiro atoms. The molecule has 0 amide bonds. The molecule has 0 bridgehead atoms. The molecule has 16 heavy (non-hydrogen) atoms. The van der Waals surface area contributed by atoms with Gasteiger partial charge < -0.3 is 20.3 Å². The minimum atomic E-state index is -0.0417. The predicted molar refractivity (Wildman–Crippen MR) is 62.6 cm³/mol. The van der Waals surface area contributed by atoms with Gasteiger partial charge in [-0.25, -0.2) is 0 Å². The lowest BCUT2D eigenvalue weighted by atomic mass is 10.1. The van der Waals surface area contributed by atoms with Crippen molar-refractivity contribution in [1.82, 2.24) is 0 Å². The van der Waals surface area contributed by atoms with Gasteiger partial charge in [0.15, 0.2) is 0 Å². The molecule has 1 aromatic carbocycles. The fourth-order valence-corrected chi connectivity index (χ4v) is 1.42. The van der Waals surface area contributed by atoms with Crippen LogP contribution >= 0.6 is 0 Å². The number of rotatable bonds is 7. The molecular formula is C12H19NO3. The van der Waals surface area contributed by atoms with E-state index < -0.39 is 0 Å². The molecule has 3 N–H and O–H groups in total. The van der Waals surface area contributed by atoms with Crippen molar-refractivity contribution in [3.8, 4) is 5.75 Å². The topological polar surface area (TPSA) is 64.7 Å². The Morgan fingerprint density at radius 3 is 2.56 bits per heavy atom. The van der Waals surface area contributed by atoms with Crippen LogP contribution < -0.4 is 10.5 Å². The summed E-state index contributed by atoms with van der Waals surface area (Å²) in [6.45, 7) is 0.845. The Kier molecular flexibility index (Phi) is 5.85. The first-order valence-electron chi connectivity index (χ1n) is 5.33. The summed E-state index contributed by atoms with van der Waals surface area (Å²) < 4.78 is 10.2. The minimum Gasteiger partial charge on any atom is -0.497 e. The van der Waals surface area contributed by atoms with Crippen LogP contribution in [0, 0.1) is 0 Å². The number of nitrogens with two attached hydrogens (primary N) is 1. The summed E-state index contributed by atoms with van der Waals surface area (Å²) in [5, 5.41) is 8.55. The molecule has 0 radical (unpaired) electrons. The van der Waals surface area contributed by atoms with Crippen molar-refractivity contribution >= 4 is 0 Å². The fraction of sp³-hybridized carbons (Fsp3) is 0.500. The number of benzene rings is 1. The monoisotopic (exact) mass is 225 g/mol. The van der Waals surface area contributed by atoms with Gasteiger partial charge in [0.05, 0.1) is 26.9 Å². The molecule has 0 aliphatic carbocycles. The highest BCUT2D eigenvalue weighted by atomic mass is 16.5. The van der Waals surface area contributed by atoms with E-state index in [9.17, 15) is 0 Å². The van der Waals surface area contributed by atoms with Gasteiger partial charge in [-0.2, -0.15) is 0 Å². The summed E-state index contributed by atoms with van der Waals surface area (Å²) in [7, 11) is 1.64. The first kappa shape index (κ1) is 13.0. The van der Waals surface area contributed by atoms with Crippen LogP contribution in [0.15, 0.2) is 24.3 Å². The van der Waals surface area contributed by atoms with Gasteiger partial charge in [-0.3, -0.25) is 0 Å². The summed E-state index contributed by atoms with van der Waals surface area (Å²) in [5.74, 6) is 0.842. The SMILES string of the molecule is COc1ccc(C[C@H](N)COCCO)cc1. The maximum atomic E-state index is 8.55. The van der Waals surface area contributed by atoms with Gasteiger partial charge in [0.25, 0.3) is 0 Å². The Hall–Kier alpha value is -1.10. The quantitative estimate of drug-likeness (QED) is 0.666. The van der Waals surface area contributed by atoms with Crippen LogP contribution in [-0.2, 0) is 11.2 Å². The summed E-state index contributed by atoms with van der Waals surface area (Å²) in [6, 6.07) is 7.77. The Morgan fingerprint density at radius 2 is 2.00 bits per heavy atom. The van der Waals surface area contributed by atoms with Gasteiger partial charge in [0.1, 0.15) is 5.75 Å². The number of aliphatic hydroxyl groups is 1. The first-order chi connectivity index (χ1) is 7.76. The zero-order valence-corrected chi connectivity index (χ0v) is 9.56. The predicted octanol–water partition coefficient (Wildman–Crippen LogP) is 0.574. The molecule has 0 unspecified atom stereocenters. The number of methoxy groups -OCH3 is 1. The molecule has 0 saturated heterocycles. The van der Waals surface area contributed by atoms with E-state index in [-0.39, 0.29) is 12.6 Å². The lowest BCUT2D eigenvalue weighted by molar-refractivity contribution is 0.0832. The van der Waals surface area contributed by atoms with E-state index in [0.717, 1.165) is 17.7 Å². The molecule has 0 saturated carbocycles. The van der Waals surface area contributed by atoms with Crippen LogP contribution in [0.2, 0.25) is 0 Å². The molecule has 4 nitrogen and oxygen atoms in total. The van der Waals surface area contributed by atoms with E-state index in [1.807, 2.05) is 24.3 Å². The molecule has 0 aromatic heterocycles. The molecule has 1 atom stereocenters. The van der Waals surface area contributed by atoms with Crippen molar-refractivity contribution in [2.45, 2.75) is 12.5 Å².